The summed E-state index contributed by atoms with van der Waals surface area (Å²) in [5, 5.41) is 3.31. The van der Waals surface area contributed by atoms with Gasteiger partial charge in [-0.25, -0.2) is 9.18 Å². The summed E-state index contributed by atoms with van der Waals surface area (Å²) in [6, 6.07) is 13.7. The first-order valence-electron chi connectivity index (χ1n) is 10.7. The Bertz CT molecular complexity index is 1120. The van der Waals surface area contributed by atoms with Crippen LogP contribution in [-0.4, -0.2) is 25.5 Å². The van der Waals surface area contributed by atoms with Crippen LogP contribution in [0.4, 0.5) is 4.39 Å². The monoisotopic (exact) mass is 435 g/mol. The fraction of sp³-hybridized carbons (Fsp3) is 0.308. The van der Waals surface area contributed by atoms with E-state index in [9.17, 15) is 14.0 Å². The van der Waals surface area contributed by atoms with Crippen LogP contribution in [-0.2, 0) is 14.3 Å². The Morgan fingerprint density at radius 3 is 2.56 bits per heavy atom. The number of carbonyl (C=O) groups is 2. The highest BCUT2D eigenvalue weighted by molar-refractivity contribution is 6.04. The smallest absolute Gasteiger partial charge is 0.336 e. The lowest BCUT2D eigenvalue weighted by Gasteiger charge is -2.36. The number of ether oxygens (including phenoxy) is 2. The molecule has 2 aromatic rings. The fourth-order valence-electron chi connectivity index (χ4n) is 4.64. The number of ketones is 1. The Morgan fingerprint density at radius 1 is 1.12 bits per heavy atom. The molecule has 6 heteroatoms. The first-order valence-corrected chi connectivity index (χ1v) is 10.7. The number of rotatable bonds is 5. The number of methoxy groups -OCH3 is 1. The van der Waals surface area contributed by atoms with Gasteiger partial charge in [0, 0.05) is 29.3 Å². The molecule has 0 fully saturated rings. The summed E-state index contributed by atoms with van der Waals surface area (Å²) in [5.41, 5.74) is 4.12. The van der Waals surface area contributed by atoms with Gasteiger partial charge in [0.1, 0.15) is 11.6 Å². The van der Waals surface area contributed by atoms with Gasteiger partial charge < -0.3 is 14.8 Å². The van der Waals surface area contributed by atoms with E-state index in [2.05, 4.69) is 5.32 Å². The van der Waals surface area contributed by atoms with Crippen LogP contribution in [0.3, 0.4) is 0 Å². The van der Waals surface area contributed by atoms with Gasteiger partial charge in [-0.1, -0.05) is 24.3 Å². The van der Waals surface area contributed by atoms with Crippen molar-refractivity contribution >= 4 is 11.8 Å². The van der Waals surface area contributed by atoms with Crippen molar-refractivity contribution in [3.8, 4) is 5.75 Å². The van der Waals surface area contributed by atoms with Gasteiger partial charge in [0.2, 0.25) is 0 Å². The van der Waals surface area contributed by atoms with Crippen molar-refractivity contribution in [3.63, 3.8) is 0 Å². The van der Waals surface area contributed by atoms with Crippen molar-refractivity contribution in [2.24, 2.45) is 0 Å². The minimum atomic E-state index is -0.593. The second-order valence-electron chi connectivity index (χ2n) is 8.07. The van der Waals surface area contributed by atoms with Crippen LogP contribution in [0.2, 0.25) is 0 Å². The van der Waals surface area contributed by atoms with Crippen LogP contribution in [0.1, 0.15) is 49.7 Å². The summed E-state index contributed by atoms with van der Waals surface area (Å²) in [4.78, 5) is 26.3. The van der Waals surface area contributed by atoms with Gasteiger partial charge in [-0.3, -0.25) is 4.79 Å². The Kier molecular flexibility index (Phi) is 6.12. The molecule has 0 aromatic heterocycles. The fourth-order valence-corrected chi connectivity index (χ4v) is 4.64. The highest BCUT2D eigenvalue weighted by Gasteiger charge is 2.41. The van der Waals surface area contributed by atoms with Gasteiger partial charge in [-0.05, 0) is 61.6 Å². The van der Waals surface area contributed by atoms with E-state index in [1.165, 1.54) is 12.1 Å². The normalized spacial score (nSPS) is 20.6. The molecule has 0 amide bonds. The first kappa shape index (κ1) is 21.8. The molecule has 5 nitrogen and oxygen atoms in total. The van der Waals surface area contributed by atoms with Crippen LogP contribution in [0.5, 0.6) is 5.75 Å². The Hall–Kier alpha value is -3.41. The largest absolute Gasteiger partial charge is 0.497 e. The molecule has 2 aromatic carbocycles. The second-order valence-corrected chi connectivity index (χ2v) is 8.07. The predicted molar refractivity (Wildman–Crippen MR) is 119 cm³/mol. The van der Waals surface area contributed by atoms with Crippen molar-refractivity contribution in [1.82, 2.24) is 5.32 Å². The zero-order valence-electron chi connectivity index (χ0n) is 18.4. The Balaban J connectivity index is 1.78. The van der Waals surface area contributed by atoms with E-state index in [4.69, 9.17) is 9.47 Å². The third-order valence-electron chi connectivity index (χ3n) is 6.09. The summed E-state index contributed by atoms with van der Waals surface area (Å²) < 4.78 is 24.3. The van der Waals surface area contributed by atoms with Crippen LogP contribution < -0.4 is 10.1 Å². The SMILES string of the molecule is CCOC(=O)C1=C(C)NC2=C(C(=O)CC(c3cccc(OC)c3)C2)C1c1ccc(F)cc1. The average Bonchev–Trinajstić information content (AvgIpc) is 2.78. The zero-order valence-corrected chi connectivity index (χ0v) is 18.4. The molecular weight excluding hydrogens is 409 g/mol. The quantitative estimate of drug-likeness (QED) is 0.686. The lowest BCUT2D eigenvalue weighted by Crippen LogP contribution is -2.36. The van der Waals surface area contributed by atoms with Gasteiger partial charge in [0.15, 0.2) is 5.78 Å². The molecule has 0 spiro atoms. The van der Waals surface area contributed by atoms with E-state index in [0.717, 1.165) is 17.0 Å². The maximum Gasteiger partial charge on any atom is 0.336 e. The maximum absolute atomic E-state index is 13.6. The molecule has 2 atom stereocenters. The third-order valence-corrected chi connectivity index (χ3v) is 6.09. The number of benzene rings is 2. The predicted octanol–water partition coefficient (Wildman–Crippen LogP) is 4.76. The van der Waals surface area contributed by atoms with E-state index >= 15 is 0 Å². The molecule has 1 N–H and O–H groups in total. The van der Waals surface area contributed by atoms with E-state index in [-0.39, 0.29) is 24.1 Å². The van der Waals surface area contributed by atoms with Crippen molar-refractivity contribution < 1.29 is 23.5 Å². The van der Waals surface area contributed by atoms with Crippen molar-refractivity contribution in [1.29, 1.82) is 0 Å². The zero-order chi connectivity index (χ0) is 22.8. The molecule has 32 heavy (non-hydrogen) atoms. The topological polar surface area (TPSA) is 64.6 Å². The van der Waals surface area contributed by atoms with Crippen molar-refractivity contribution in [2.75, 3.05) is 13.7 Å². The maximum atomic E-state index is 13.6. The molecule has 0 bridgehead atoms. The summed E-state index contributed by atoms with van der Waals surface area (Å²) in [6.07, 6.45) is 0.944. The molecule has 2 unspecified atom stereocenters. The number of hydrogen-bond acceptors (Lipinski definition) is 5. The van der Waals surface area contributed by atoms with Gasteiger partial charge in [-0.15, -0.1) is 0 Å². The highest BCUT2D eigenvalue weighted by atomic mass is 19.1. The first-order chi connectivity index (χ1) is 15.4. The van der Waals surface area contributed by atoms with E-state index in [1.54, 1.807) is 26.2 Å². The molecule has 1 aliphatic heterocycles. The molecule has 2 aliphatic rings. The minimum Gasteiger partial charge on any atom is -0.497 e. The third kappa shape index (κ3) is 4.05. The Morgan fingerprint density at radius 2 is 1.88 bits per heavy atom. The van der Waals surface area contributed by atoms with E-state index < -0.39 is 11.9 Å². The molecule has 1 heterocycles. The molecule has 0 saturated carbocycles. The molecule has 0 saturated heterocycles. The standard InChI is InChI=1S/C26H26FNO4/c1-4-32-26(30)23-15(2)28-21-13-18(17-6-5-7-20(12-17)31-3)14-22(29)25(21)24(23)16-8-10-19(27)11-9-16/h5-12,18,24,28H,4,13-14H2,1-3H3. The number of allylic oxidation sites excluding steroid dienone is 3. The Labute approximate surface area is 186 Å². The number of hydrogen-bond donors (Lipinski definition) is 1. The molecule has 166 valence electrons. The summed E-state index contributed by atoms with van der Waals surface area (Å²) in [6.45, 7) is 3.78. The number of nitrogens with one attached hydrogen (secondary N) is 1. The number of halogens is 1. The van der Waals surface area contributed by atoms with Gasteiger partial charge in [0.05, 0.1) is 19.3 Å². The molecule has 0 radical (unpaired) electrons. The number of carbonyl (C=O) groups excluding carboxylic acids is 2. The van der Waals surface area contributed by atoms with Crippen LogP contribution in [0.15, 0.2) is 71.1 Å². The number of esters is 1. The summed E-state index contributed by atoms with van der Waals surface area (Å²) in [7, 11) is 1.62. The van der Waals surface area contributed by atoms with Crippen LogP contribution in [0.25, 0.3) is 0 Å². The molecule has 4 rings (SSSR count). The lowest BCUT2D eigenvalue weighted by molar-refractivity contribution is -0.138. The van der Waals surface area contributed by atoms with Crippen molar-refractivity contribution in [2.45, 2.75) is 38.5 Å². The second kappa shape index (κ2) is 8.99. The molecule has 1 aliphatic carbocycles. The van der Waals surface area contributed by atoms with Gasteiger partial charge in [-0.2, -0.15) is 0 Å². The van der Waals surface area contributed by atoms with Gasteiger partial charge in [0.25, 0.3) is 0 Å². The summed E-state index contributed by atoms with van der Waals surface area (Å²) >= 11 is 0. The number of Topliss-reactive ketones (excluding diaryl/α,β-unsaturated/α-hetero) is 1. The van der Waals surface area contributed by atoms with Crippen LogP contribution >= 0.6 is 0 Å². The van der Waals surface area contributed by atoms with E-state index in [0.29, 0.717) is 35.2 Å². The number of dihydropyridines is 1. The highest BCUT2D eigenvalue weighted by Crippen LogP contribution is 2.46. The van der Waals surface area contributed by atoms with Crippen molar-refractivity contribution in [3.05, 3.63) is 88.0 Å². The van der Waals surface area contributed by atoms with Gasteiger partial charge >= 0.3 is 5.97 Å². The minimum absolute atomic E-state index is 0.00494. The summed E-state index contributed by atoms with van der Waals surface area (Å²) in [5.74, 6) is -0.727. The molecular formula is C26H26FNO4. The average molecular weight is 435 g/mol. The lowest BCUT2D eigenvalue weighted by atomic mass is 9.71. The van der Waals surface area contributed by atoms with Crippen LogP contribution in [0, 0.1) is 5.82 Å². The van der Waals surface area contributed by atoms with E-state index in [1.807, 2.05) is 31.2 Å².